The molecule has 0 saturated heterocycles. The predicted molar refractivity (Wildman–Crippen MR) is 75.4 cm³/mol. The topological polar surface area (TPSA) is 24.9 Å². The van der Waals surface area contributed by atoms with Gasteiger partial charge in [-0.25, -0.2) is 8.78 Å². The summed E-state index contributed by atoms with van der Waals surface area (Å²) in [4.78, 5) is 4.14. The van der Waals surface area contributed by atoms with Gasteiger partial charge in [-0.2, -0.15) is 0 Å². The van der Waals surface area contributed by atoms with Gasteiger partial charge in [0.05, 0.1) is 17.9 Å². The van der Waals surface area contributed by atoms with E-state index < -0.39 is 0 Å². The van der Waals surface area contributed by atoms with Crippen LogP contribution in [0.15, 0.2) is 36.5 Å². The van der Waals surface area contributed by atoms with Gasteiger partial charge in [0, 0.05) is 6.04 Å². The lowest BCUT2D eigenvalue weighted by Crippen LogP contribution is -2.30. The van der Waals surface area contributed by atoms with Crippen molar-refractivity contribution < 1.29 is 8.78 Å². The second-order valence-electron chi connectivity index (χ2n) is 5.16. The van der Waals surface area contributed by atoms with Crippen molar-refractivity contribution in [3.05, 3.63) is 65.0 Å². The Morgan fingerprint density at radius 1 is 1.05 bits per heavy atom. The molecule has 1 aromatic heterocycles. The Hall–Kier alpha value is -1.81. The summed E-state index contributed by atoms with van der Waals surface area (Å²) < 4.78 is 26.3. The van der Waals surface area contributed by atoms with E-state index in [0.717, 1.165) is 16.8 Å². The first-order valence-electron chi connectivity index (χ1n) is 6.61. The molecule has 1 aromatic carbocycles. The van der Waals surface area contributed by atoms with Crippen molar-refractivity contribution in [2.45, 2.75) is 32.9 Å². The Balaban J connectivity index is 2.43. The molecule has 4 heteroatoms. The molecule has 0 spiro atoms. The lowest BCUT2D eigenvalue weighted by atomic mass is 9.97. The Kier molecular flexibility index (Phi) is 4.45. The van der Waals surface area contributed by atoms with Crippen LogP contribution in [-0.2, 0) is 0 Å². The molecular formula is C16H18F2N2. The molecule has 2 aromatic rings. The number of hydrogen-bond donors (Lipinski definition) is 1. The van der Waals surface area contributed by atoms with Crippen LogP contribution in [0.2, 0.25) is 0 Å². The number of nitrogens with one attached hydrogen (secondary N) is 1. The van der Waals surface area contributed by atoms with Gasteiger partial charge in [0.2, 0.25) is 0 Å². The summed E-state index contributed by atoms with van der Waals surface area (Å²) in [5, 5.41) is 3.38. The standard InChI is InChI=1S/C16H18F2N2/c1-10(2)20-16(15-7-5-13(18)9-19-15)14-6-4-12(17)8-11(14)3/h4-10,16,20H,1-3H3. The number of rotatable bonds is 4. The third-order valence-electron chi connectivity index (χ3n) is 3.09. The highest BCUT2D eigenvalue weighted by Gasteiger charge is 2.18. The zero-order chi connectivity index (χ0) is 14.7. The summed E-state index contributed by atoms with van der Waals surface area (Å²) in [6, 6.07) is 7.74. The van der Waals surface area contributed by atoms with Crippen molar-refractivity contribution in [1.82, 2.24) is 10.3 Å². The third-order valence-corrected chi connectivity index (χ3v) is 3.09. The van der Waals surface area contributed by atoms with Gasteiger partial charge in [0.15, 0.2) is 0 Å². The first-order chi connectivity index (χ1) is 9.47. The van der Waals surface area contributed by atoms with Crippen molar-refractivity contribution >= 4 is 0 Å². The van der Waals surface area contributed by atoms with E-state index in [2.05, 4.69) is 10.3 Å². The minimum absolute atomic E-state index is 0.184. The predicted octanol–water partition coefficient (Wildman–Crippen LogP) is 3.76. The molecule has 1 heterocycles. The van der Waals surface area contributed by atoms with Crippen LogP contribution in [0, 0.1) is 18.6 Å². The van der Waals surface area contributed by atoms with Gasteiger partial charge in [-0.1, -0.05) is 6.07 Å². The number of aromatic nitrogens is 1. The normalized spacial score (nSPS) is 12.7. The Bertz CT molecular complexity index is 580. The summed E-state index contributed by atoms with van der Waals surface area (Å²) >= 11 is 0. The number of halogens is 2. The van der Waals surface area contributed by atoms with Crippen LogP contribution in [0.5, 0.6) is 0 Å². The van der Waals surface area contributed by atoms with Crippen molar-refractivity contribution in [3.63, 3.8) is 0 Å². The molecule has 0 radical (unpaired) electrons. The highest BCUT2D eigenvalue weighted by Crippen LogP contribution is 2.25. The quantitative estimate of drug-likeness (QED) is 0.919. The summed E-state index contributed by atoms with van der Waals surface area (Å²) in [6.07, 6.45) is 1.20. The van der Waals surface area contributed by atoms with Crippen molar-refractivity contribution in [3.8, 4) is 0 Å². The van der Waals surface area contributed by atoms with Gasteiger partial charge in [-0.3, -0.25) is 4.98 Å². The van der Waals surface area contributed by atoms with E-state index >= 15 is 0 Å². The summed E-state index contributed by atoms with van der Waals surface area (Å²) in [6.45, 7) is 5.90. The second-order valence-corrected chi connectivity index (χ2v) is 5.16. The molecule has 20 heavy (non-hydrogen) atoms. The van der Waals surface area contributed by atoms with E-state index in [-0.39, 0.29) is 23.7 Å². The molecular weight excluding hydrogens is 258 g/mol. The lowest BCUT2D eigenvalue weighted by molar-refractivity contribution is 0.514. The fourth-order valence-electron chi connectivity index (χ4n) is 2.19. The van der Waals surface area contributed by atoms with E-state index in [0.29, 0.717) is 0 Å². The SMILES string of the molecule is Cc1cc(F)ccc1C(NC(C)C)c1ccc(F)cn1. The smallest absolute Gasteiger partial charge is 0.141 e. The molecule has 0 bridgehead atoms. The van der Waals surface area contributed by atoms with E-state index in [1.807, 2.05) is 20.8 Å². The minimum atomic E-state index is -0.368. The third kappa shape index (κ3) is 3.39. The number of pyridine rings is 1. The average molecular weight is 276 g/mol. The molecule has 1 N–H and O–H groups in total. The summed E-state index contributed by atoms with van der Waals surface area (Å²) in [5.74, 6) is -0.630. The molecule has 2 rings (SSSR count). The maximum atomic E-state index is 13.2. The molecule has 0 amide bonds. The van der Waals surface area contributed by atoms with Crippen LogP contribution in [-0.4, -0.2) is 11.0 Å². The fraction of sp³-hybridized carbons (Fsp3) is 0.312. The number of hydrogen-bond acceptors (Lipinski definition) is 2. The van der Waals surface area contributed by atoms with Crippen LogP contribution in [0.3, 0.4) is 0 Å². The van der Waals surface area contributed by atoms with E-state index in [9.17, 15) is 8.78 Å². The number of nitrogens with zero attached hydrogens (tertiary/aromatic N) is 1. The number of benzene rings is 1. The van der Waals surface area contributed by atoms with E-state index in [4.69, 9.17) is 0 Å². The van der Waals surface area contributed by atoms with Crippen molar-refractivity contribution in [1.29, 1.82) is 0 Å². The van der Waals surface area contributed by atoms with Crippen LogP contribution in [0.4, 0.5) is 8.78 Å². The lowest BCUT2D eigenvalue weighted by Gasteiger charge is -2.23. The average Bonchev–Trinajstić information content (AvgIpc) is 2.37. The van der Waals surface area contributed by atoms with Crippen LogP contribution < -0.4 is 5.32 Å². The van der Waals surface area contributed by atoms with Gasteiger partial charge in [0.25, 0.3) is 0 Å². The van der Waals surface area contributed by atoms with Gasteiger partial charge < -0.3 is 5.32 Å². The highest BCUT2D eigenvalue weighted by atomic mass is 19.1. The first-order valence-corrected chi connectivity index (χ1v) is 6.61. The van der Waals surface area contributed by atoms with E-state index in [1.54, 1.807) is 12.1 Å². The largest absolute Gasteiger partial charge is 0.303 e. The monoisotopic (exact) mass is 276 g/mol. The van der Waals surface area contributed by atoms with Crippen molar-refractivity contribution in [2.24, 2.45) is 0 Å². The molecule has 1 atom stereocenters. The Morgan fingerprint density at radius 3 is 2.30 bits per heavy atom. The molecule has 0 saturated carbocycles. The van der Waals surface area contributed by atoms with Gasteiger partial charge in [-0.05, 0) is 56.2 Å². The molecule has 1 unspecified atom stereocenters. The first kappa shape index (κ1) is 14.6. The molecule has 2 nitrogen and oxygen atoms in total. The Labute approximate surface area is 117 Å². The molecule has 0 fully saturated rings. The Morgan fingerprint density at radius 2 is 1.75 bits per heavy atom. The van der Waals surface area contributed by atoms with Crippen LogP contribution in [0.1, 0.15) is 36.7 Å². The molecule has 0 aliphatic carbocycles. The zero-order valence-corrected chi connectivity index (χ0v) is 11.8. The molecule has 0 aliphatic heterocycles. The van der Waals surface area contributed by atoms with Crippen molar-refractivity contribution in [2.75, 3.05) is 0 Å². The minimum Gasteiger partial charge on any atom is -0.303 e. The van der Waals surface area contributed by atoms with Gasteiger partial charge in [0.1, 0.15) is 11.6 Å². The highest BCUT2D eigenvalue weighted by molar-refractivity contribution is 5.35. The van der Waals surface area contributed by atoms with Gasteiger partial charge >= 0.3 is 0 Å². The summed E-state index contributed by atoms with van der Waals surface area (Å²) in [5.41, 5.74) is 2.50. The molecule has 106 valence electrons. The summed E-state index contributed by atoms with van der Waals surface area (Å²) in [7, 11) is 0. The van der Waals surface area contributed by atoms with Crippen LogP contribution >= 0.6 is 0 Å². The second kappa shape index (κ2) is 6.09. The molecule has 0 aliphatic rings. The van der Waals surface area contributed by atoms with Crippen LogP contribution in [0.25, 0.3) is 0 Å². The maximum absolute atomic E-state index is 13.2. The van der Waals surface area contributed by atoms with E-state index in [1.165, 1.54) is 24.4 Å². The maximum Gasteiger partial charge on any atom is 0.141 e. The fourth-order valence-corrected chi connectivity index (χ4v) is 2.19. The number of aryl methyl sites for hydroxylation is 1. The van der Waals surface area contributed by atoms with Gasteiger partial charge in [-0.15, -0.1) is 0 Å². The zero-order valence-electron chi connectivity index (χ0n) is 11.8.